The number of benzene rings is 2. The van der Waals surface area contributed by atoms with E-state index in [1.165, 1.54) is 4.57 Å². The highest BCUT2D eigenvalue weighted by molar-refractivity contribution is 6.31. The summed E-state index contributed by atoms with van der Waals surface area (Å²) in [6, 6.07) is 13.6. The van der Waals surface area contributed by atoms with E-state index < -0.39 is 0 Å². The molecule has 0 aliphatic carbocycles. The van der Waals surface area contributed by atoms with Crippen LogP contribution >= 0.6 is 11.6 Å². The van der Waals surface area contributed by atoms with Crippen molar-refractivity contribution in [3.8, 4) is 6.07 Å². The molecule has 1 fully saturated rings. The van der Waals surface area contributed by atoms with Crippen molar-refractivity contribution in [2.45, 2.75) is 32.1 Å². The first-order valence-corrected chi connectivity index (χ1v) is 11.0. The number of halogens is 1. The van der Waals surface area contributed by atoms with Crippen molar-refractivity contribution in [3.05, 3.63) is 68.8 Å². The normalized spacial score (nSPS) is 15.9. The van der Waals surface area contributed by atoms with Crippen molar-refractivity contribution in [2.75, 3.05) is 18.0 Å². The minimum atomic E-state index is -0.292. The SMILES string of the molecule is Cc1ccc2nc(C3(C)CCN(c4c(C#N)c(=O)n(C)c5ccc(Cl)cc45)CC3)oc2c1. The van der Waals surface area contributed by atoms with Crippen molar-refractivity contribution in [2.24, 2.45) is 7.05 Å². The van der Waals surface area contributed by atoms with Gasteiger partial charge in [-0.05, 0) is 55.7 Å². The van der Waals surface area contributed by atoms with E-state index in [4.69, 9.17) is 21.0 Å². The Hall–Kier alpha value is -3.30. The fourth-order valence-corrected chi connectivity index (χ4v) is 4.83. The molecule has 1 aliphatic rings. The summed E-state index contributed by atoms with van der Waals surface area (Å²) in [6.07, 6.45) is 1.59. The maximum Gasteiger partial charge on any atom is 0.270 e. The van der Waals surface area contributed by atoms with Crippen molar-refractivity contribution in [3.63, 3.8) is 0 Å². The largest absolute Gasteiger partial charge is 0.440 e. The van der Waals surface area contributed by atoms with Crippen molar-refractivity contribution in [1.82, 2.24) is 9.55 Å². The highest BCUT2D eigenvalue weighted by Crippen LogP contribution is 2.39. The van der Waals surface area contributed by atoms with Crippen LogP contribution in [-0.4, -0.2) is 22.6 Å². The topological polar surface area (TPSA) is 75.1 Å². The molecule has 0 atom stereocenters. The van der Waals surface area contributed by atoms with Crippen molar-refractivity contribution in [1.29, 1.82) is 5.26 Å². The molecule has 6 nitrogen and oxygen atoms in total. The summed E-state index contributed by atoms with van der Waals surface area (Å²) < 4.78 is 7.66. The van der Waals surface area contributed by atoms with E-state index in [9.17, 15) is 10.1 Å². The molecule has 0 saturated carbocycles. The Balaban J connectivity index is 1.54. The van der Waals surface area contributed by atoms with Gasteiger partial charge < -0.3 is 13.9 Å². The minimum Gasteiger partial charge on any atom is -0.440 e. The van der Waals surface area contributed by atoms with Crippen LogP contribution in [0.15, 0.2) is 45.6 Å². The third-order valence-electron chi connectivity index (χ3n) is 6.69. The second-order valence-electron chi connectivity index (χ2n) is 8.90. The number of piperidine rings is 1. The molecule has 0 unspecified atom stereocenters. The van der Waals surface area contributed by atoms with Gasteiger partial charge in [-0.25, -0.2) is 4.98 Å². The van der Waals surface area contributed by atoms with E-state index in [1.54, 1.807) is 13.1 Å². The lowest BCUT2D eigenvalue weighted by molar-refractivity contribution is 0.292. The van der Waals surface area contributed by atoms with Gasteiger partial charge in [-0.2, -0.15) is 5.26 Å². The number of rotatable bonds is 2. The Morgan fingerprint density at radius 3 is 2.66 bits per heavy atom. The Morgan fingerprint density at radius 1 is 1.19 bits per heavy atom. The number of oxazole rings is 1. The van der Waals surface area contributed by atoms with Crippen molar-refractivity contribution < 1.29 is 4.42 Å². The van der Waals surface area contributed by atoms with Crippen LogP contribution in [0.3, 0.4) is 0 Å². The molecule has 2 aromatic heterocycles. The molecule has 1 aliphatic heterocycles. The van der Waals surface area contributed by atoms with Gasteiger partial charge in [-0.15, -0.1) is 0 Å². The van der Waals surface area contributed by atoms with Crippen LogP contribution in [0.2, 0.25) is 5.02 Å². The molecule has 0 bridgehead atoms. The molecule has 162 valence electrons. The number of nitriles is 1. The third-order valence-corrected chi connectivity index (χ3v) is 6.92. The zero-order valence-electron chi connectivity index (χ0n) is 18.3. The zero-order valence-corrected chi connectivity index (χ0v) is 19.0. The average molecular weight is 447 g/mol. The van der Waals surface area contributed by atoms with Crippen LogP contribution in [-0.2, 0) is 12.5 Å². The Labute approximate surface area is 190 Å². The highest BCUT2D eigenvalue weighted by atomic mass is 35.5. The van der Waals surface area contributed by atoms with Crippen LogP contribution in [0.5, 0.6) is 0 Å². The molecule has 4 aromatic rings. The summed E-state index contributed by atoms with van der Waals surface area (Å²) in [6.45, 7) is 5.57. The summed E-state index contributed by atoms with van der Waals surface area (Å²) in [5, 5.41) is 11.2. The van der Waals surface area contributed by atoms with Crippen LogP contribution in [0.1, 0.15) is 36.8 Å². The van der Waals surface area contributed by atoms with Gasteiger partial charge in [0.2, 0.25) is 5.89 Å². The number of anilines is 1. The number of hydrogen-bond acceptors (Lipinski definition) is 5. The standard InChI is InChI=1S/C25H23ClN4O2/c1-15-4-6-19-21(12-15)32-24(28-19)25(2)8-10-30(11-9-25)22-17-13-16(26)5-7-20(17)29(3)23(31)18(22)14-27/h4-7,12-13H,8-11H2,1-3H3. The lowest BCUT2D eigenvalue weighted by atomic mass is 9.80. The Bertz CT molecular complexity index is 1470. The van der Waals surface area contributed by atoms with E-state index in [1.807, 2.05) is 37.3 Å². The van der Waals surface area contributed by atoms with Gasteiger partial charge in [-0.1, -0.05) is 24.6 Å². The average Bonchev–Trinajstić information content (AvgIpc) is 3.21. The monoisotopic (exact) mass is 446 g/mol. The summed E-state index contributed by atoms with van der Waals surface area (Å²) >= 11 is 6.28. The molecule has 32 heavy (non-hydrogen) atoms. The van der Waals surface area contributed by atoms with Gasteiger partial charge in [0.1, 0.15) is 17.1 Å². The van der Waals surface area contributed by atoms with Gasteiger partial charge in [0.15, 0.2) is 5.58 Å². The van der Waals surface area contributed by atoms with Gasteiger partial charge in [-0.3, -0.25) is 4.79 Å². The number of pyridine rings is 1. The molecule has 2 aromatic carbocycles. The first-order chi connectivity index (χ1) is 15.3. The number of aromatic nitrogens is 2. The summed E-state index contributed by atoms with van der Waals surface area (Å²) in [5.74, 6) is 0.745. The first kappa shape index (κ1) is 20.6. The van der Waals surface area contributed by atoms with Crippen LogP contribution in [0, 0.1) is 18.3 Å². The number of nitrogens with zero attached hydrogens (tertiary/aromatic N) is 4. The van der Waals surface area contributed by atoms with Gasteiger partial charge in [0.25, 0.3) is 5.56 Å². The second kappa shape index (κ2) is 7.39. The minimum absolute atomic E-state index is 0.156. The molecular weight excluding hydrogens is 424 g/mol. The van der Waals surface area contributed by atoms with Crippen LogP contribution in [0.25, 0.3) is 22.0 Å². The number of hydrogen-bond donors (Lipinski definition) is 0. The lowest BCUT2D eigenvalue weighted by Gasteiger charge is -2.39. The van der Waals surface area contributed by atoms with E-state index in [2.05, 4.69) is 17.9 Å². The Kier molecular flexibility index (Phi) is 4.75. The highest BCUT2D eigenvalue weighted by Gasteiger charge is 2.37. The first-order valence-electron chi connectivity index (χ1n) is 10.7. The van der Waals surface area contributed by atoms with E-state index in [0.717, 1.165) is 46.3 Å². The summed E-state index contributed by atoms with van der Waals surface area (Å²) in [5.41, 5.74) is 3.89. The number of fused-ring (bicyclic) bond motifs is 2. The molecular formula is C25H23ClN4O2. The van der Waals surface area contributed by atoms with Crippen LogP contribution < -0.4 is 10.5 Å². The molecule has 3 heterocycles. The maximum atomic E-state index is 12.9. The smallest absolute Gasteiger partial charge is 0.270 e. The van der Waals surface area contributed by atoms with Crippen LogP contribution in [0.4, 0.5) is 5.69 Å². The van der Waals surface area contributed by atoms with Gasteiger partial charge >= 0.3 is 0 Å². The summed E-state index contributed by atoms with van der Waals surface area (Å²) in [4.78, 5) is 19.8. The van der Waals surface area contributed by atoms with Gasteiger partial charge in [0.05, 0.1) is 11.2 Å². The fourth-order valence-electron chi connectivity index (χ4n) is 4.66. The fraction of sp³-hybridized carbons (Fsp3) is 0.320. The molecule has 0 N–H and O–H groups in total. The quantitative estimate of drug-likeness (QED) is 0.429. The molecule has 0 spiro atoms. The van der Waals surface area contributed by atoms with E-state index in [0.29, 0.717) is 23.8 Å². The summed E-state index contributed by atoms with van der Waals surface area (Å²) in [7, 11) is 1.69. The predicted molar refractivity (Wildman–Crippen MR) is 126 cm³/mol. The second-order valence-corrected chi connectivity index (χ2v) is 9.34. The third kappa shape index (κ3) is 3.16. The van der Waals surface area contributed by atoms with E-state index >= 15 is 0 Å². The van der Waals surface area contributed by atoms with Gasteiger partial charge in [0, 0.05) is 36.0 Å². The maximum absolute atomic E-state index is 12.9. The Morgan fingerprint density at radius 2 is 1.94 bits per heavy atom. The molecule has 0 radical (unpaired) electrons. The van der Waals surface area contributed by atoms with E-state index in [-0.39, 0.29) is 16.5 Å². The lowest BCUT2D eigenvalue weighted by Crippen LogP contribution is -2.42. The molecule has 7 heteroatoms. The number of aryl methyl sites for hydroxylation is 2. The molecule has 5 rings (SSSR count). The predicted octanol–water partition coefficient (Wildman–Crippen LogP) is 5.07. The molecule has 0 amide bonds. The zero-order chi connectivity index (χ0) is 22.6. The van der Waals surface area contributed by atoms with Crippen molar-refractivity contribution >= 4 is 39.3 Å². The molecule has 1 saturated heterocycles.